The number of carbonyl (C=O) groups is 1. The van der Waals surface area contributed by atoms with Gasteiger partial charge in [0.2, 0.25) is 0 Å². The van der Waals surface area contributed by atoms with Gasteiger partial charge in [-0.2, -0.15) is 0 Å². The van der Waals surface area contributed by atoms with Crippen LogP contribution in [0, 0.1) is 0 Å². The van der Waals surface area contributed by atoms with Crippen LogP contribution in [0.5, 0.6) is 0 Å². The van der Waals surface area contributed by atoms with Crippen molar-refractivity contribution in [2.45, 2.75) is 64.5 Å². The zero-order chi connectivity index (χ0) is 16.6. The van der Waals surface area contributed by atoms with Gasteiger partial charge in [0.05, 0.1) is 0 Å². The molecule has 1 aliphatic carbocycles. The summed E-state index contributed by atoms with van der Waals surface area (Å²) in [4.78, 5) is 24.4. The quantitative estimate of drug-likeness (QED) is 0.769. The zero-order valence-corrected chi connectivity index (χ0v) is 14.2. The first-order chi connectivity index (χ1) is 10.3. The number of halogens is 1. The maximum atomic E-state index is 11.4. The Labute approximate surface area is 136 Å². The minimum absolute atomic E-state index is 0.0752. The largest absolute Gasteiger partial charge is 0.444 e. The van der Waals surface area contributed by atoms with Gasteiger partial charge in [-0.15, -0.1) is 0 Å². The molecular weight excluding hydrogens is 304 g/mol. The Balaban J connectivity index is 0.000000255. The van der Waals surface area contributed by atoms with Crippen molar-refractivity contribution in [3.63, 3.8) is 0 Å². The van der Waals surface area contributed by atoms with Gasteiger partial charge in [-0.25, -0.2) is 4.79 Å². The van der Waals surface area contributed by atoms with E-state index in [1.807, 2.05) is 20.8 Å². The lowest BCUT2D eigenvalue weighted by molar-refractivity contribution is 0.0493. The number of amides is 1. The molecule has 0 aliphatic heterocycles. The fraction of sp³-hybridized carbons (Fsp3) is 0.625. The normalized spacial score (nSPS) is 15.5. The van der Waals surface area contributed by atoms with Gasteiger partial charge in [-0.05, 0) is 33.6 Å². The monoisotopic (exact) mass is 328 g/mol. The molecule has 0 aromatic carbocycles. The highest BCUT2D eigenvalue weighted by atomic mass is 35.5. The Morgan fingerprint density at radius 3 is 2.41 bits per heavy atom. The van der Waals surface area contributed by atoms with Gasteiger partial charge in [0, 0.05) is 24.4 Å². The molecule has 1 aromatic heterocycles. The molecule has 5 nitrogen and oxygen atoms in total. The molecule has 0 radical (unpaired) electrons. The van der Waals surface area contributed by atoms with Crippen LogP contribution in [0.3, 0.4) is 0 Å². The van der Waals surface area contributed by atoms with Crippen molar-refractivity contribution in [3.8, 4) is 0 Å². The second kappa shape index (κ2) is 8.83. The van der Waals surface area contributed by atoms with E-state index in [2.05, 4.69) is 10.3 Å². The number of ether oxygens (including phenoxy) is 1. The molecule has 0 bridgehead atoms. The summed E-state index contributed by atoms with van der Waals surface area (Å²) >= 11 is 5.39. The van der Waals surface area contributed by atoms with Crippen LogP contribution in [0.15, 0.2) is 23.1 Å². The molecule has 0 saturated heterocycles. The number of H-pyrrole nitrogens is 1. The summed E-state index contributed by atoms with van der Waals surface area (Å²) in [5.41, 5.74) is -0.465. The van der Waals surface area contributed by atoms with E-state index in [4.69, 9.17) is 16.3 Å². The molecule has 1 amide bonds. The maximum absolute atomic E-state index is 11.4. The minimum atomic E-state index is -0.390. The van der Waals surface area contributed by atoms with E-state index >= 15 is 0 Å². The van der Waals surface area contributed by atoms with Crippen LogP contribution in [0.2, 0.25) is 5.15 Å². The average molecular weight is 329 g/mol. The smallest absolute Gasteiger partial charge is 0.407 e. The van der Waals surface area contributed by atoms with E-state index in [0.717, 1.165) is 12.8 Å². The Hall–Kier alpha value is -1.49. The third-order valence-electron chi connectivity index (χ3n) is 3.06. The first kappa shape index (κ1) is 18.6. The van der Waals surface area contributed by atoms with Crippen LogP contribution in [0.1, 0.15) is 52.9 Å². The minimum Gasteiger partial charge on any atom is -0.444 e. The fourth-order valence-electron chi connectivity index (χ4n) is 2.14. The Kier molecular flexibility index (Phi) is 7.45. The molecule has 6 heteroatoms. The van der Waals surface area contributed by atoms with Crippen molar-refractivity contribution >= 4 is 17.7 Å². The van der Waals surface area contributed by atoms with Gasteiger partial charge in [0.15, 0.2) is 5.43 Å². The molecule has 0 spiro atoms. The van der Waals surface area contributed by atoms with Crippen molar-refractivity contribution in [2.24, 2.45) is 0 Å². The average Bonchev–Trinajstić information content (AvgIpc) is 2.37. The molecular formula is C16H25ClN2O3. The lowest BCUT2D eigenvalue weighted by atomic mass is 9.96. The topological polar surface area (TPSA) is 71.2 Å². The second-order valence-corrected chi connectivity index (χ2v) is 6.76. The third kappa shape index (κ3) is 8.72. The van der Waals surface area contributed by atoms with Gasteiger partial charge in [0.1, 0.15) is 10.8 Å². The van der Waals surface area contributed by atoms with Crippen LogP contribution in [-0.4, -0.2) is 22.7 Å². The molecule has 2 N–H and O–H groups in total. The van der Waals surface area contributed by atoms with Gasteiger partial charge in [-0.3, -0.25) is 4.79 Å². The number of hydrogen-bond donors (Lipinski definition) is 2. The van der Waals surface area contributed by atoms with Gasteiger partial charge in [-0.1, -0.05) is 30.9 Å². The van der Waals surface area contributed by atoms with Gasteiger partial charge >= 0.3 is 6.09 Å². The van der Waals surface area contributed by atoms with Crippen LogP contribution in [0.4, 0.5) is 4.79 Å². The van der Waals surface area contributed by atoms with Crippen molar-refractivity contribution in [3.05, 3.63) is 33.7 Å². The summed E-state index contributed by atoms with van der Waals surface area (Å²) in [5, 5.41) is 3.29. The highest BCUT2D eigenvalue weighted by molar-refractivity contribution is 6.29. The number of alkyl carbamates (subject to hydrolysis) is 1. The maximum Gasteiger partial charge on any atom is 0.407 e. The Bertz CT molecular complexity index is 517. The number of rotatable bonds is 1. The van der Waals surface area contributed by atoms with Crippen molar-refractivity contribution < 1.29 is 9.53 Å². The summed E-state index contributed by atoms with van der Waals surface area (Å²) in [6.45, 7) is 5.65. The summed E-state index contributed by atoms with van der Waals surface area (Å²) in [5.74, 6) is 0. The van der Waals surface area contributed by atoms with E-state index in [1.54, 1.807) is 0 Å². The second-order valence-electron chi connectivity index (χ2n) is 6.35. The molecule has 0 unspecified atom stereocenters. The molecule has 0 atom stereocenters. The molecule has 2 rings (SSSR count). The first-order valence-electron chi connectivity index (χ1n) is 7.60. The van der Waals surface area contributed by atoms with E-state index in [-0.39, 0.29) is 11.5 Å². The summed E-state index contributed by atoms with van der Waals surface area (Å²) in [6.07, 6.45) is 7.17. The Morgan fingerprint density at radius 1 is 1.32 bits per heavy atom. The lowest BCUT2D eigenvalue weighted by Gasteiger charge is -2.25. The number of nitrogens with one attached hydrogen (secondary N) is 2. The standard InChI is InChI=1S/C11H21NO2.C5H4ClNO/c1-11(2,3)14-10(13)12-9-7-5-4-6-8-9;6-5-3-4(8)1-2-7-5/h9H,4-8H2,1-3H3,(H,12,13);1-3H,(H,7,8). The predicted octanol–water partition coefficient (Wildman–Crippen LogP) is 3.87. The van der Waals surface area contributed by atoms with Gasteiger partial charge < -0.3 is 15.0 Å². The lowest BCUT2D eigenvalue weighted by Crippen LogP contribution is -2.39. The van der Waals surface area contributed by atoms with E-state index in [0.29, 0.717) is 11.2 Å². The zero-order valence-electron chi connectivity index (χ0n) is 13.4. The highest BCUT2D eigenvalue weighted by Crippen LogP contribution is 2.18. The van der Waals surface area contributed by atoms with Crippen LogP contribution in [0.25, 0.3) is 0 Å². The van der Waals surface area contributed by atoms with Crippen LogP contribution < -0.4 is 10.7 Å². The number of aromatic amines is 1. The first-order valence-corrected chi connectivity index (χ1v) is 7.98. The fourth-order valence-corrected chi connectivity index (χ4v) is 2.31. The highest BCUT2D eigenvalue weighted by Gasteiger charge is 2.20. The molecule has 1 aromatic rings. The molecule has 1 heterocycles. The van der Waals surface area contributed by atoms with Crippen LogP contribution in [-0.2, 0) is 4.74 Å². The van der Waals surface area contributed by atoms with Crippen molar-refractivity contribution in [1.29, 1.82) is 0 Å². The molecule has 1 fully saturated rings. The molecule has 22 heavy (non-hydrogen) atoms. The van der Waals surface area contributed by atoms with E-state index in [1.165, 1.54) is 37.6 Å². The van der Waals surface area contributed by atoms with E-state index < -0.39 is 5.60 Å². The molecule has 124 valence electrons. The van der Waals surface area contributed by atoms with E-state index in [9.17, 15) is 9.59 Å². The van der Waals surface area contributed by atoms with Crippen molar-refractivity contribution in [1.82, 2.24) is 10.3 Å². The van der Waals surface area contributed by atoms with Crippen molar-refractivity contribution in [2.75, 3.05) is 0 Å². The summed E-state index contributed by atoms with van der Waals surface area (Å²) < 4.78 is 5.19. The number of hydrogen-bond acceptors (Lipinski definition) is 3. The predicted molar refractivity (Wildman–Crippen MR) is 88.3 cm³/mol. The Morgan fingerprint density at radius 2 is 1.95 bits per heavy atom. The third-order valence-corrected chi connectivity index (χ3v) is 3.28. The molecule has 1 saturated carbocycles. The number of carbonyl (C=O) groups excluding carboxylic acids is 1. The molecule has 1 aliphatic rings. The SMILES string of the molecule is CC(C)(C)OC(=O)NC1CCCCC1.O=c1cc[nH]c(Cl)c1. The van der Waals surface area contributed by atoms with Crippen LogP contribution >= 0.6 is 11.6 Å². The summed E-state index contributed by atoms with van der Waals surface area (Å²) in [7, 11) is 0. The van der Waals surface area contributed by atoms with Gasteiger partial charge in [0.25, 0.3) is 0 Å². The number of pyridine rings is 1. The summed E-state index contributed by atoms with van der Waals surface area (Å²) in [6, 6.07) is 3.06. The number of aromatic nitrogens is 1.